The first-order valence-electron chi connectivity index (χ1n) is 8.69. The first-order valence-corrected chi connectivity index (χ1v) is 8.69. The number of rotatable bonds is 3. The van der Waals surface area contributed by atoms with E-state index in [2.05, 4.69) is 24.0 Å². The van der Waals surface area contributed by atoms with Crippen molar-refractivity contribution < 1.29 is 9.47 Å². The lowest BCUT2D eigenvalue weighted by molar-refractivity contribution is -0.0529. The number of aromatic nitrogens is 1. The van der Waals surface area contributed by atoms with Gasteiger partial charge in [-0.1, -0.05) is 48.2 Å². The number of pyridine rings is 1. The van der Waals surface area contributed by atoms with E-state index in [1.165, 1.54) is 5.56 Å². The number of ether oxygens (including phenoxy) is 2. The van der Waals surface area contributed by atoms with Crippen LogP contribution in [0.15, 0.2) is 65.6 Å². The summed E-state index contributed by atoms with van der Waals surface area (Å²) in [5, 5.41) is 1.57. The molecule has 1 aliphatic heterocycles. The van der Waals surface area contributed by atoms with Crippen LogP contribution in [0.25, 0.3) is 10.8 Å². The van der Waals surface area contributed by atoms with Crippen LogP contribution in [0.4, 0.5) is 0 Å². The molecule has 1 fully saturated rings. The molecule has 0 bridgehead atoms. The van der Waals surface area contributed by atoms with Crippen LogP contribution in [-0.2, 0) is 22.4 Å². The molecule has 0 amide bonds. The molecule has 4 heteroatoms. The summed E-state index contributed by atoms with van der Waals surface area (Å²) in [5.74, 6) is 6.33. The van der Waals surface area contributed by atoms with E-state index < -0.39 is 0 Å². The van der Waals surface area contributed by atoms with Crippen molar-refractivity contribution in [3.05, 3.63) is 82.3 Å². The van der Waals surface area contributed by atoms with Crippen molar-refractivity contribution in [1.29, 1.82) is 0 Å². The van der Waals surface area contributed by atoms with Crippen molar-refractivity contribution in [2.24, 2.45) is 0 Å². The maximum atomic E-state index is 12.8. The number of fused-ring (bicyclic) bond motifs is 1. The Labute approximate surface area is 152 Å². The molecule has 1 aliphatic rings. The molecule has 0 spiro atoms. The largest absolute Gasteiger partial charge is 0.348 e. The monoisotopic (exact) mass is 345 g/mol. The lowest BCUT2D eigenvalue weighted by Gasteiger charge is -2.12. The highest BCUT2D eigenvalue weighted by molar-refractivity contribution is 5.82. The first-order chi connectivity index (χ1) is 12.8. The molecule has 1 aromatic heterocycles. The number of nitrogens with zero attached hydrogens (tertiary/aromatic N) is 1. The minimum Gasteiger partial charge on any atom is -0.348 e. The van der Waals surface area contributed by atoms with Gasteiger partial charge < -0.3 is 14.0 Å². The molecule has 130 valence electrons. The van der Waals surface area contributed by atoms with E-state index in [0.717, 1.165) is 10.9 Å². The summed E-state index contributed by atoms with van der Waals surface area (Å²) in [7, 11) is 0. The Hall–Kier alpha value is -2.87. The summed E-state index contributed by atoms with van der Waals surface area (Å²) < 4.78 is 12.5. The fourth-order valence-corrected chi connectivity index (χ4v) is 3.02. The zero-order valence-electron chi connectivity index (χ0n) is 14.4. The molecule has 0 atom stereocenters. The summed E-state index contributed by atoms with van der Waals surface area (Å²) in [6.07, 6.45) is 2.13. The van der Waals surface area contributed by atoms with Crippen LogP contribution < -0.4 is 5.56 Å². The zero-order valence-corrected chi connectivity index (χ0v) is 14.4. The molecule has 0 aliphatic carbocycles. The molecule has 2 aromatic carbocycles. The molecule has 4 nitrogen and oxygen atoms in total. The van der Waals surface area contributed by atoms with Gasteiger partial charge >= 0.3 is 0 Å². The molecule has 4 rings (SSSR count). The van der Waals surface area contributed by atoms with E-state index in [1.54, 1.807) is 10.8 Å². The van der Waals surface area contributed by atoms with Gasteiger partial charge in [0, 0.05) is 23.6 Å². The van der Waals surface area contributed by atoms with Gasteiger partial charge in [0.05, 0.1) is 19.8 Å². The maximum Gasteiger partial charge on any atom is 0.258 e. The standard InChI is InChI=1S/C22H19NO3/c24-22-20-15-18(8-4-7-17-5-2-1-3-6-17)9-10-19(20)11-12-23(22)16-21-25-13-14-26-21/h1-3,5-6,9-12,15,21H,7,13-14,16H2. The van der Waals surface area contributed by atoms with Crippen LogP contribution in [0.3, 0.4) is 0 Å². The van der Waals surface area contributed by atoms with Crippen molar-refractivity contribution in [3.8, 4) is 11.8 Å². The number of hydrogen-bond donors (Lipinski definition) is 0. The molecular formula is C22H19NO3. The summed E-state index contributed by atoms with van der Waals surface area (Å²) >= 11 is 0. The Morgan fingerprint density at radius 2 is 1.85 bits per heavy atom. The SMILES string of the molecule is O=c1c2cc(C#CCc3ccccc3)ccc2ccn1CC1OCCO1. The smallest absolute Gasteiger partial charge is 0.258 e. The van der Waals surface area contributed by atoms with Crippen molar-refractivity contribution in [2.75, 3.05) is 13.2 Å². The Morgan fingerprint density at radius 1 is 1.04 bits per heavy atom. The van der Waals surface area contributed by atoms with Crippen molar-refractivity contribution in [1.82, 2.24) is 4.57 Å². The second-order valence-electron chi connectivity index (χ2n) is 6.21. The Kier molecular flexibility index (Phi) is 4.83. The molecule has 26 heavy (non-hydrogen) atoms. The molecule has 0 radical (unpaired) electrons. The van der Waals surface area contributed by atoms with Crippen molar-refractivity contribution >= 4 is 10.8 Å². The van der Waals surface area contributed by atoms with E-state index in [9.17, 15) is 4.79 Å². The average molecular weight is 345 g/mol. The minimum absolute atomic E-state index is 0.0479. The van der Waals surface area contributed by atoms with Gasteiger partial charge in [-0.25, -0.2) is 0 Å². The van der Waals surface area contributed by atoms with Crippen molar-refractivity contribution in [2.45, 2.75) is 19.3 Å². The van der Waals surface area contributed by atoms with Crippen LogP contribution in [-0.4, -0.2) is 24.1 Å². The third-order valence-electron chi connectivity index (χ3n) is 4.38. The zero-order chi connectivity index (χ0) is 17.8. The fourth-order valence-electron chi connectivity index (χ4n) is 3.02. The normalized spacial score (nSPS) is 14.3. The minimum atomic E-state index is -0.348. The highest BCUT2D eigenvalue weighted by Gasteiger charge is 2.17. The van der Waals surface area contributed by atoms with Crippen molar-refractivity contribution in [3.63, 3.8) is 0 Å². The van der Waals surface area contributed by atoms with Gasteiger partial charge in [-0.2, -0.15) is 0 Å². The van der Waals surface area contributed by atoms with E-state index in [0.29, 0.717) is 31.6 Å². The molecule has 3 aromatic rings. The van der Waals surface area contributed by atoms with Crippen LogP contribution >= 0.6 is 0 Å². The van der Waals surface area contributed by atoms with Crippen LogP contribution in [0.2, 0.25) is 0 Å². The topological polar surface area (TPSA) is 40.5 Å². The summed E-state index contributed by atoms with van der Waals surface area (Å²) in [5.41, 5.74) is 1.98. The summed E-state index contributed by atoms with van der Waals surface area (Å²) in [6, 6.07) is 17.8. The van der Waals surface area contributed by atoms with Gasteiger partial charge in [-0.05, 0) is 29.1 Å². The maximum absolute atomic E-state index is 12.8. The molecule has 1 saturated heterocycles. The lowest BCUT2D eigenvalue weighted by Crippen LogP contribution is -2.26. The van der Waals surface area contributed by atoms with Gasteiger partial charge in [0.15, 0.2) is 6.29 Å². The number of benzene rings is 2. The van der Waals surface area contributed by atoms with Gasteiger partial charge in [-0.15, -0.1) is 0 Å². The van der Waals surface area contributed by atoms with E-state index in [-0.39, 0.29) is 11.8 Å². The van der Waals surface area contributed by atoms with Crippen LogP contribution in [0, 0.1) is 11.8 Å². The van der Waals surface area contributed by atoms with E-state index >= 15 is 0 Å². The Bertz CT molecular complexity index is 1020. The van der Waals surface area contributed by atoms with E-state index in [1.807, 2.05) is 42.5 Å². The predicted molar refractivity (Wildman–Crippen MR) is 101 cm³/mol. The van der Waals surface area contributed by atoms with Crippen LogP contribution in [0.1, 0.15) is 11.1 Å². The molecule has 2 heterocycles. The second kappa shape index (κ2) is 7.57. The molecule has 0 saturated carbocycles. The molecular weight excluding hydrogens is 326 g/mol. The predicted octanol–water partition coefficient (Wildman–Crippen LogP) is 2.97. The van der Waals surface area contributed by atoms with Gasteiger partial charge in [0.25, 0.3) is 5.56 Å². The highest BCUT2D eigenvalue weighted by atomic mass is 16.7. The number of hydrogen-bond acceptors (Lipinski definition) is 3. The van der Waals surface area contributed by atoms with Crippen LogP contribution in [0.5, 0.6) is 0 Å². The van der Waals surface area contributed by atoms with E-state index in [4.69, 9.17) is 9.47 Å². The fraction of sp³-hybridized carbons (Fsp3) is 0.227. The Balaban J connectivity index is 1.59. The lowest BCUT2D eigenvalue weighted by atomic mass is 10.1. The van der Waals surface area contributed by atoms with Gasteiger partial charge in [0.1, 0.15) is 0 Å². The average Bonchev–Trinajstić information content (AvgIpc) is 3.18. The first kappa shape index (κ1) is 16.6. The molecule has 0 unspecified atom stereocenters. The quantitative estimate of drug-likeness (QED) is 0.685. The third-order valence-corrected chi connectivity index (χ3v) is 4.38. The third kappa shape index (κ3) is 3.70. The summed E-state index contributed by atoms with van der Waals surface area (Å²) in [4.78, 5) is 12.8. The summed E-state index contributed by atoms with van der Waals surface area (Å²) in [6.45, 7) is 1.56. The van der Waals surface area contributed by atoms with Gasteiger partial charge in [0.2, 0.25) is 0 Å². The second-order valence-corrected chi connectivity index (χ2v) is 6.21. The molecule has 0 N–H and O–H groups in total. The van der Waals surface area contributed by atoms with Gasteiger partial charge in [-0.3, -0.25) is 4.79 Å². The Morgan fingerprint density at radius 3 is 2.65 bits per heavy atom. The highest BCUT2D eigenvalue weighted by Crippen LogP contribution is 2.13.